The van der Waals surface area contributed by atoms with Gasteiger partial charge in [0.05, 0.1) is 11.7 Å². The summed E-state index contributed by atoms with van der Waals surface area (Å²) in [5.41, 5.74) is -0.344. The molecule has 1 saturated carbocycles. The van der Waals surface area contributed by atoms with Crippen LogP contribution in [0, 0.1) is 5.92 Å². The number of benzene rings is 1. The van der Waals surface area contributed by atoms with Crippen molar-refractivity contribution >= 4 is 0 Å². The lowest BCUT2D eigenvalue weighted by molar-refractivity contribution is -0.138. The fourth-order valence-electron chi connectivity index (χ4n) is 2.24. The van der Waals surface area contributed by atoms with Gasteiger partial charge in [-0.05, 0) is 37.4 Å². The van der Waals surface area contributed by atoms with E-state index < -0.39 is 17.8 Å². The fourth-order valence-corrected chi connectivity index (χ4v) is 2.24. The minimum atomic E-state index is -4.33. The molecule has 0 aromatic heterocycles. The van der Waals surface area contributed by atoms with E-state index in [1.165, 1.54) is 12.1 Å². The van der Waals surface area contributed by atoms with E-state index in [1.54, 1.807) is 18.0 Å². The van der Waals surface area contributed by atoms with Crippen molar-refractivity contribution < 1.29 is 18.3 Å². The summed E-state index contributed by atoms with van der Waals surface area (Å²) in [5.74, 6) is 0.334. The van der Waals surface area contributed by atoms with Crippen molar-refractivity contribution in [2.24, 2.45) is 5.92 Å². The minimum absolute atomic E-state index is 0.194. The topological polar surface area (TPSA) is 23.5 Å². The monoisotopic (exact) mass is 273 g/mol. The molecule has 2 rings (SSSR count). The van der Waals surface area contributed by atoms with E-state index in [1.807, 2.05) is 0 Å². The molecule has 1 atom stereocenters. The van der Waals surface area contributed by atoms with E-state index in [2.05, 4.69) is 0 Å². The van der Waals surface area contributed by atoms with Crippen molar-refractivity contribution in [3.8, 4) is 0 Å². The fraction of sp³-hybridized carbons (Fsp3) is 0.571. The zero-order valence-electron chi connectivity index (χ0n) is 10.8. The lowest BCUT2D eigenvalue weighted by Gasteiger charge is -2.22. The smallest absolute Gasteiger partial charge is 0.392 e. The quantitative estimate of drug-likeness (QED) is 0.891. The highest BCUT2D eigenvalue weighted by Gasteiger charge is 2.34. The third-order valence-corrected chi connectivity index (χ3v) is 3.43. The Hall–Kier alpha value is -1.07. The molecule has 1 aromatic rings. The number of alkyl halides is 3. The number of likely N-dealkylation sites (N-methyl/N-ethyl adjacent to an activating group) is 1. The number of halogens is 3. The summed E-state index contributed by atoms with van der Waals surface area (Å²) in [5, 5.41) is 9.80. The zero-order valence-corrected chi connectivity index (χ0v) is 10.8. The highest BCUT2D eigenvalue weighted by Crippen LogP contribution is 2.34. The van der Waals surface area contributed by atoms with Crippen LogP contribution in [0.15, 0.2) is 24.3 Å². The van der Waals surface area contributed by atoms with Gasteiger partial charge in [-0.2, -0.15) is 13.2 Å². The molecule has 0 aliphatic heterocycles. The van der Waals surface area contributed by atoms with E-state index in [4.69, 9.17) is 0 Å². The van der Waals surface area contributed by atoms with E-state index in [0.717, 1.165) is 18.9 Å². The molecule has 0 heterocycles. The summed E-state index contributed by atoms with van der Waals surface area (Å²) in [7, 11) is 1.73. The molecule has 0 spiro atoms. The normalized spacial score (nSPS) is 17.8. The third-order valence-electron chi connectivity index (χ3n) is 3.43. The molecule has 0 amide bonds. The molecule has 1 aromatic carbocycles. The van der Waals surface area contributed by atoms with E-state index in [-0.39, 0.29) is 12.1 Å². The largest absolute Gasteiger partial charge is 0.416 e. The maximum Gasteiger partial charge on any atom is 0.416 e. The second-order valence-electron chi connectivity index (χ2n) is 5.26. The Bertz CT molecular complexity index is 429. The van der Waals surface area contributed by atoms with Crippen molar-refractivity contribution in [3.63, 3.8) is 0 Å². The summed E-state index contributed by atoms with van der Waals surface area (Å²) < 4.78 is 38.5. The lowest BCUT2D eigenvalue weighted by atomic mass is 10.1. The van der Waals surface area contributed by atoms with Crippen molar-refractivity contribution in [2.45, 2.75) is 31.7 Å². The van der Waals surface area contributed by atoms with E-state index >= 15 is 0 Å². The molecule has 0 saturated heterocycles. The van der Waals surface area contributed by atoms with Crippen LogP contribution >= 0.6 is 0 Å². The van der Waals surface area contributed by atoms with Gasteiger partial charge in [0, 0.05) is 13.1 Å². The third kappa shape index (κ3) is 3.94. The first-order valence-electron chi connectivity index (χ1n) is 6.39. The van der Waals surface area contributed by atoms with Crippen molar-refractivity contribution in [2.75, 3.05) is 13.6 Å². The van der Waals surface area contributed by atoms with Crippen LogP contribution in [0.5, 0.6) is 0 Å². The lowest BCUT2D eigenvalue weighted by Crippen LogP contribution is -2.30. The predicted octanol–water partition coefficient (Wildman–Crippen LogP) is 2.91. The highest BCUT2D eigenvalue weighted by atomic mass is 19.4. The zero-order chi connectivity index (χ0) is 14.0. The first kappa shape index (κ1) is 14.3. The Morgan fingerprint density at radius 2 is 1.95 bits per heavy atom. The average Bonchev–Trinajstić information content (AvgIpc) is 3.11. The maximum absolute atomic E-state index is 12.8. The Morgan fingerprint density at radius 1 is 1.32 bits per heavy atom. The molecule has 2 nitrogen and oxygen atoms in total. The van der Waals surface area contributed by atoms with Gasteiger partial charge in [-0.3, -0.25) is 4.90 Å². The van der Waals surface area contributed by atoms with Crippen molar-refractivity contribution in [1.82, 2.24) is 4.90 Å². The van der Waals surface area contributed by atoms with Gasteiger partial charge in [-0.15, -0.1) is 0 Å². The van der Waals surface area contributed by atoms with E-state index in [0.29, 0.717) is 12.5 Å². The van der Waals surface area contributed by atoms with Crippen LogP contribution < -0.4 is 0 Å². The summed E-state index contributed by atoms with van der Waals surface area (Å²) >= 11 is 0. The number of aliphatic hydroxyl groups excluding tert-OH is 1. The summed E-state index contributed by atoms with van der Waals surface area (Å²) in [6.45, 7) is 0.607. The molecule has 1 aliphatic carbocycles. The van der Waals surface area contributed by atoms with Crippen LogP contribution in [0.1, 0.15) is 24.0 Å². The standard InChI is InChI=1S/C14H18F3NO/c1-18(9-13(19)10-6-7-10)8-11-4-2-3-5-12(11)14(15,16)17/h2-5,10,13,19H,6-9H2,1H3. The highest BCUT2D eigenvalue weighted by molar-refractivity contribution is 5.29. The molecule has 19 heavy (non-hydrogen) atoms. The van der Waals surface area contributed by atoms with Crippen LogP contribution in [0.2, 0.25) is 0 Å². The summed E-state index contributed by atoms with van der Waals surface area (Å²) in [6.07, 6.45) is -2.71. The molecule has 1 unspecified atom stereocenters. The predicted molar refractivity (Wildman–Crippen MR) is 66.5 cm³/mol. The van der Waals surface area contributed by atoms with Crippen molar-refractivity contribution in [1.29, 1.82) is 0 Å². The second kappa shape index (κ2) is 5.51. The van der Waals surface area contributed by atoms with Crippen LogP contribution in [-0.4, -0.2) is 29.7 Å². The SMILES string of the molecule is CN(Cc1ccccc1C(F)(F)F)CC(O)C1CC1. The number of hydrogen-bond donors (Lipinski definition) is 1. The first-order valence-corrected chi connectivity index (χ1v) is 6.39. The Morgan fingerprint density at radius 3 is 2.53 bits per heavy atom. The summed E-state index contributed by atoms with van der Waals surface area (Å²) in [4.78, 5) is 1.74. The van der Waals surface area contributed by atoms with Crippen LogP contribution in [0.4, 0.5) is 13.2 Å². The first-order chi connectivity index (χ1) is 8.88. The average molecular weight is 273 g/mol. The van der Waals surface area contributed by atoms with Gasteiger partial charge in [0.2, 0.25) is 0 Å². The summed E-state index contributed by atoms with van der Waals surface area (Å²) in [6, 6.07) is 5.59. The molecule has 1 fully saturated rings. The van der Waals surface area contributed by atoms with Gasteiger partial charge in [-0.25, -0.2) is 0 Å². The minimum Gasteiger partial charge on any atom is -0.392 e. The Balaban J connectivity index is 2.01. The number of nitrogens with zero attached hydrogens (tertiary/aromatic N) is 1. The van der Waals surface area contributed by atoms with Gasteiger partial charge in [0.1, 0.15) is 0 Å². The van der Waals surface area contributed by atoms with Gasteiger partial charge < -0.3 is 5.11 Å². The van der Waals surface area contributed by atoms with E-state index in [9.17, 15) is 18.3 Å². The molecule has 106 valence electrons. The number of aliphatic hydroxyl groups is 1. The molecule has 0 bridgehead atoms. The molecular formula is C14H18F3NO. The second-order valence-corrected chi connectivity index (χ2v) is 5.26. The maximum atomic E-state index is 12.8. The van der Waals surface area contributed by atoms with Gasteiger partial charge >= 0.3 is 6.18 Å². The van der Waals surface area contributed by atoms with Gasteiger partial charge in [-0.1, -0.05) is 18.2 Å². The van der Waals surface area contributed by atoms with Gasteiger partial charge in [0.25, 0.3) is 0 Å². The van der Waals surface area contributed by atoms with Gasteiger partial charge in [0.15, 0.2) is 0 Å². The Kier molecular flexibility index (Phi) is 4.16. The van der Waals surface area contributed by atoms with Crippen molar-refractivity contribution in [3.05, 3.63) is 35.4 Å². The number of hydrogen-bond acceptors (Lipinski definition) is 2. The Labute approximate surface area is 110 Å². The molecule has 5 heteroatoms. The number of rotatable bonds is 5. The molecule has 0 radical (unpaired) electrons. The van der Waals surface area contributed by atoms with Crippen LogP contribution in [0.3, 0.4) is 0 Å². The van der Waals surface area contributed by atoms with Crippen LogP contribution in [0.25, 0.3) is 0 Å². The molecule has 1 N–H and O–H groups in total. The molecular weight excluding hydrogens is 255 g/mol. The molecule has 1 aliphatic rings. The van der Waals surface area contributed by atoms with Crippen LogP contribution in [-0.2, 0) is 12.7 Å².